The molecule has 0 radical (unpaired) electrons. The second kappa shape index (κ2) is 6.86. The van der Waals surface area contributed by atoms with Gasteiger partial charge in [-0.15, -0.1) is 11.3 Å². The van der Waals surface area contributed by atoms with Gasteiger partial charge in [0.25, 0.3) is 11.8 Å². The summed E-state index contributed by atoms with van der Waals surface area (Å²) in [7, 11) is 0. The fourth-order valence-corrected chi connectivity index (χ4v) is 2.26. The van der Waals surface area contributed by atoms with E-state index in [1.807, 2.05) is 18.4 Å². The Kier molecular flexibility index (Phi) is 4.90. The number of carbonyl (C=O) groups is 2. The minimum Gasteiger partial charge on any atom is -0.352 e. The molecule has 0 spiro atoms. The van der Waals surface area contributed by atoms with Crippen LogP contribution in [0, 0.1) is 0 Å². The molecule has 0 atom stereocenters. The minimum absolute atomic E-state index is 0.0945. The Morgan fingerprint density at radius 3 is 2.45 bits per heavy atom. The van der Waals surface area contributed by atoms with Crippen molar-refractivity contribution in [2.24, 2.45) is 0 Å². The van der Waals surface area contributed by atoms with Gasteiger partial charge in [-0.25, -0.2) is 0 Å². The lowest BCUT2D eigenvalue weighted by molar-refractivity contribution is 0.0953. The maximum atomic E-state index is 11.9. The van der Waals surface area contributed by atoms with E-state index in [0.717, 1.165) is 6.42 Å². The van der Waals surface area contributed by atoms with E-state index < -0.39 is 0 Å². The average Bonchev–Trinajstić information content (AvgIpc) is 3.00. The van der Waals surface area contributed by atoms with Gasteiger partial charge in [-0.3, -0.25) is 9.59 Å². The molecule has 0 saturated carbocycles. The predicted molar refractivity (Wildman–Crippen MR) is 81.3 cm³/mol. The van der Waals surface area contributed by atoms with E-state index in [1.165, 1.54) is 11.3 Å². The zero-order valence-corrected chi connectivity index (χ0v) is 12.0. The molecule has 0 unspecified atom stereocenters. The zero-order chi connectivity index (χ0) is 14.4. The Morgan fingerprint density at radius 2 is 1.85 bits per heavy atom. The normalized spacial score (nSPS) is 10.1. The van der Waals surface area contributed by atoms with E-state index in [1.54, 1.807) is 30.3 Å². The number of nitrogens with one attached hydrogen (secondary N) is 2. The molecule has 0 fully saturated rings. The van der Waals surface area contributed by atoms with Crippen molar-refractivity contribution in [2.45, 2.75) is 13.3 Å². The summed E-state index contributed by atoms with van der Waals surface area (Å²) < 4.78 is 0. The van der Waals surface area contributed by atoms with Crippen LogP contribution in [0.4, 0.5) is 5.69 Å². The van der Waals surface area contributed by atoms with Crippen LogP contribution in [-0.2, 0) is 0 Å². The SMILES string of the molecule is CCCNC(=O)c1ccc(NC(=O)c2cccs2)cc1. The van der Waals surface area contributed by atoms with E-state index in [9.17, 15) is 9.59 Å². The summed E-state index contributed by atoms with van der Waals surface area (Å²) in [4.78, 5) is 24.2. The predicted octanol–water partition coefficient (Wildman–Crippen LogP) is 3.14. The number of amides is 2. The van der Waals surface area contributed by atoms with E-state index in [4.69, 9.17) is 0 Å². The van der Waals surface area contributed by atoms with Crippen LogP contribution in [0.3, 0.4) is 0 Å². The van der Waals surface area contributed by atoms with Crippen LogP contribution in [-0.4, -0.2) is 18.4 Å². The molecule has 20 heavy (non-hydrogen) atoms. The average molecular weight is 288 g/mol. The molecule has 4 nitrogen and oxygen atoms in total. The highest BCUT2D eigenvalue weighted by atomic mass is 32.1. The summed E-state index contributed by atoms with van der Waals surface area (Å²) in [6.45, 7) is 2.67. The van der Waals surface area contributed by atoms with Crippen LogP contribution >= 0.6 is 11.3 Å². The Balaban J connectivity index is 1.98. The lowest BCUT2D eigenvalue weighted by atomic mass is 10.2. The first kappa shape index (κ1) is 14.3. The second-order valence-corrected chi connectivity index (χ2v) is 5.21. The standard InChI is InChI=1S/C15H16N2O2S/c1-2-9-16-14(18)11-5-7-12(8-6-11)17-15(19)13-4-3-10-20-13/h3-8,10H,2,9H2,1H3,(H,16,18)(H,17,19). The van der Waals surface area contributed by atoms with Gasteiger partial charge in [-0.2, -0.15) is 0 Å². The first-order valence-electron chi connectivity index (χ1n) is 6.44. The summed E-state index contributed by atoms with van der Waals surface area (Å²) in [6.07, 6.45) is 0.903. The minimum atomic E-state index is -0.136. The lowest BCUT2D eigenvalue weighted by Crippen LogP contribution is -2.23. The van der Waals surface area contributed by atoms with Crippen molar-refractivity contribution < 1.29 is 9.59 Å². The summed E-state index contributed by atoms with van der Waals surface area (Å²) in [6, 6.07) is 10.5. The molecule has 0 aliphatic heterocycles. The van der Waals surface area contributed by atoms with Crippen LogP contribution in [0.2, 0.25) is 0 Å². The molecule has 0 aliphatic carbocycles. The summed E-state index contributed by atoms with van der Waals surface area (Å²) in [5.41, 5.74) is 1.27. The Hall–Kier alpha value is -2.14. The molecule has 0 saturated heterocycles. The molecular formula is C15H16N2O2S. The third kappa shape index (κ3) is 3.68. The van der Waals surface area contributed by atoms with Crippen molar-refractivity contribution in [1.82, 2.24) is 5.32 Å². The summed E-state index contributed by atoms with van der Waals surface area (Å²) in [5.74, 6) is -0.230. The smallest absolute Gasteiger partial charge is 0.265 e. The zero-order valence-electron chi connectivity index (χ0n) is 11.2. The lowest BCUT2D eigenvalue weighted by Gasteiger charge is -2.06. The summed E-state index contributed by atoms with van der Waals surface area (Å²) >= 11 is 1.39. The van der Waals surface area contributed by atoms with Crippen molar-refractivity contribution in [3.63, 3.8) is 0 Å². The van der Waals surface area contributed by atoms with Gasteiger partial charge in [0.2, 0.25) is 0 Å². The number of benzene rings is 1. The molecule has 0 bridgehead atoms. The van der Waals surface area contributed by atoms with Crippen LogP contribution < -0.4 is 10.6 Å². The molecule has 1 aromatic carbocycles. The van der Waals surface area contributed by atoms with Crippen molar-refractivity contribution in [3.05, 3.63) is 52.2 Å². The Morgan fingerprint density at radius 1 is 1.10 bits per heavy atom. The quantitative estimate of drug-likeness (QED) is 0.888. The number of thiophene rings is 1. The van der Waals surface area contributed by atoms with Gasteiger partial charge in [0, 0.05) is 17.8 Å². The molecule has 2 aromatic rings. The Bertz CT molecular complexity index is 576. The van der Waals surface area contributed by atoms with Crippen molar-refractivity contribution in [1.29, 1.82) is 0 Å². The monoisotopic (exact) mass is 288 g/mol. The third-order valence-electron chi connectivity index (χ3n) is 2.69. The molecule has 2 N–H and O–H groups in total. The maximum Gasteiger partial charge on any atom is 0.265 e. The van der Waals surface area contributed by atoms with E-state index in [2.05, 4.69) is 10.6 Å². The first-order valence-corrected chi connectivity index (χ1v) is 7.32. The highest BCUT2D eigenvalue weighted by molar-refractivity contribution is 7.12. The molecule has 0 aliphatic rings. The molecule has 1 aromatic heterocycles. The van der Waals surface area contributed by atoms with Crippen molar-refractivity contribution in [2.75, 3.05) is 11.9 Å². The molecule has 2 amide bonds. The fourth-order valence-electron chi connectivity index (χ4n) is 1.65. The molecule has 5 heteroatoms. The van der Waals surface area contributed by atoms with Crippen molar-refractivity contribution >= 4 is 28.8 Å². The molecule has 2 rings (SSSR count). The number of rotatable bonds is 5. The molecule has 104 valence electrons. The number of anilines is 1. The van der Waals surface area contributed by atoms with Gasteiger partial charge < -0.3 is 10.6 Å². The Labute approximate surface area is 121 Å². The third-order valence-corrected chi connectivity index (χ3v) is 3.55. The van der Waals surface area contributed by atoms with E-state index in [-0.39, 0.29) is 11.8 Å². The molecule has 1 heterocycles. The number of hydrogen-bond acceptors (Lipinski definition) is 3. The number of carbonyl (C=O) groups excluding carboxylic acids is 2. The van der Waals surface area contributed by atoms with Crippen LogP contribution in [0.15, 0.2) is 41.8 Å². The van der Waals surface area contributed by atoms with Crippen LogP contribution in [0.5, 0.6) is 0 Å². The fraction of sp³-hybridized carbons (Fsp3) is 0.200. The highest BCUT2D eigenvalue weighted by Crippen LogP contribution is 2.14. The van der Waals surface area contributed by atoms with Crippen molar-refractivity contribution in [3.8, 4) is 0 Å². The summed E-state index contributed by atoms with van der Waals surface area (Å²) in [5, 5.41) is 7.46. The highest BCUT2D eigenvalue weighted by Gasteiger charge is 2.08. The van der Waals surface area contributed by atoms with Gasteiger partial charge in [0.1, 0.15) is 0 Å². The van der Waals surface area contributed by atoms with Crippen LogP contribution in [0.1, 0.15) is 33.4 Å². The van der Waals surface area contributed by atoms with Gasteiger partial charge in [0.15, 0.2) is 0 Å². The van der Waals surface area contributed by atoms with Gasteiger partial charge in [-0.05, 0) is 42.1 Å². The van der Waals surface area contributed by atoms with E-state index in [0.29, 0.717) is 22.7 Å². The van der Waals surface area contributed by atoms with Gasteiger partial charge in [0.05, 0.1) is 4.88 Å². The maximum absolute atomic E-state index is 11.9. The second-order valence-electron chi connectivity index (χ2n) is 4.26. The van der Waals surface area contributed by atoms with Gasteiger partial charge >= 0.3 is 0 Å². The van der Waals surface area contributed by atoms with Gasteiger partial charge in [-0.1, -0.05) is 13.0 Å². The first-order chi connectivity index (χ1) is 9.70. The van der Waals surface area contributed by atoms with Crippen LogP contribution in [0.25, 0.3) is 0 Å². The van der Waals surface area contributed by atoms with E-state index >= 15 is 0 Å². The number of hydrogen-bond donors (Lipinski definition) is 2. The largest absolute Gasteiger partial charge is 0.352 e. The molecular weight excluding hydrogens is 272 g/mol. The topological polar surface area (TPSA) is 58.2 Å².